The van der Waals surface area contributed by atoms with Gasteiger partial charge in [0, 0.05) is 27.2 Å². The number of rotatable bonds is 2. The molecule has 2 aromatic carbocycles. The van der Waals surface area contributed by atoms with Crippen LogP contribution < -0.4 is 5.32 Å². The molecule has 1 N–H and O–H groups in total. The van der Waals surface area contributed by atoms with E-state index in [4.69, 9.17) is 16.7 Å². The van der Waals surface area contributed by atoms with E-state index in [-0.39, 0.29) is 0 Å². The van der Waals surface area contributed by atoms with Crippen LogP contribution in [0, 0.1) is 6.92 Å². The molecule has 23 heavy (non-hydrogen) atoms. The van der Waals surface area contributed by atoms with Crippen molar-refractivity contribution in [3.63, 3.8) is 0 Å². The van der Waals surface area contributed by atoms with Crippen LogP contribution >= 0.6 is 27.5 Å². The minimum absolute atomic E-state index is 0.720. The Balaban J connectivity index is 1.91. The van der Waals surface area contributed by atoms with E-state index in [9.17, 15) is 0 Å². The normalized spacial score (nSPS) is 13.0. The third-order valence-corrected chi connectivity index (χ3v) is 4.93. The average Bonchev–Trinajstić information content (AvgIpc) is 3.13. The fraction of sp³-hybridized carbons (Fsp3) is 0.167. The molecule has 1 aliphatic rings. The first-order chi connectivity index (χ1) is 11.1. The average molecular weight is 389 g/mol. The Morgan fingerprint density at radius 2 is 1.96 bits per heavy atom. The molecule has 0 aliphatic carbocycles. The maximum atomic E-state index is 6.19. The minimum atomic E-state index is 0.720. The predicted molar refractivity (Wildman–Crippen MR) is 98.6 cm³/mol. The molecule has 0 fully saturated rings. The Morgan fingerprint density at radius 1 is 1.17 bits per heavy atom. The van der Waals surface area contributed by atoms with E-state index in [1.165, 1.54) is 5.56 Å². The number of benzene rings is 2. The molecular weight excluding hydrogens is 374 g/mol. The van der Waals surface area contributed by atoms with Gasteiger partial charge < -0.3 is 5.32 Å². The van der Waals surface area contributed by atoms with Crippen molar-refractivity contribution in [3.05, 3.63) is 63.1 Å². The first-order valence-electron chi connectivity index (χ1n) is 7.52. The molecular formula is C18H15BrClN3. The van der Waals surface area contributed by atoms with Gasteiger partial charge in [0.25, 0.3) is 0 Å². The highest BCUT2D eigenvalue weighted by molar-refractivity contribution is 9.10. The summed E-state index contributed by atoms with van der Waals surface area (Å²) in [4.78, 5) is 0. The summed E-state index contributed by atoms with van der Waals surface area (Å²) in [6, 6.07) is 14.2. The molecule has 5 heteroatoms. The van der Waals surface area contributed by atoms with Crippen molar-refractivity contribution in [3.8, 4) is 16.9 Å². The standard InChI is InChI=1S/C18H15BrClN3/c1-11-2-7-14(20)10-16(11)23-18-15(8-9-21-18)17(22-23)12-3-5-13(19)6-4-12/h2-7,10,21H,8-9H2,1H3. The lowest BCUT2D eigenvalue weighted by atomic mass is 10.1. The summed E-state index contributed by atoms with van der Waals surface area (Å²) in [6.07, 6.45) is 0.986. The summed E-state index contributed by atoms with van der Waals surface area (Å²) in [5, 5.41) is 9.07. The number of nitrogens with one attached hydrogen (secondary N) is 1. The van der Waals surface area contributed by atoms with E-state index in [0.717, 1.165) is 50.8 Å². The van der Waals surface area contributed by atoms with Gasteiger partial charge in [-0.3, -0.25) is 0 Å². The number of anilines is 1. The second-order valence-corrected chi connectivity index (χ2v) is 7.05. The van der Waals surface area contributed by atoms with Gasteiger partial charge >= 0.3 is 0 Å². The van der Waals surface area contributed by atoms with Crippen molar-refractivity contribution >= 4 is 33.3 Å². The Kier molecular flexibility index (Phi) is 3.66. The zero-order chi connectivity index (χ0) is 16.0. The highest BCUT2D eigenvalue weighted by Gasteiger charge is 2.24. The summed E-state index contributed by atoms with van der Waals surface area (Å²) < 4.78 is 3.06. The molecule has 0 radical (unpaired) electrons. The van der Waals surface area contributed by atoms with Crippen LogP contribution in [0.3, 0.4) is 0 Å². The van der Waals surface area contributed by atoms with Crippen molar-refractivity contribution < 1.29 is 0 Å². The summed E-state index contributed by atoms with van der Waals surface area (Å²) in [6.45, 7) is 3.02. The van der Waals surface area contributed by atoms with Gasteiger partial charge in [0.2, 0.25) is 0 Å². The van der Waals surface area contributed by atoms with E-state index < -0.39 is 0 Å². The number of aromatic nitrogens is 2. The van der Waals surface area contributed by atoms with E-state index in [2.05, 4.69) is 40.3 Å². The van der Waals surface area contributed by atoms with E-state index in [1.807, 2.05) is 35.0 Å². The zero-order valence-corrected chi connectivity index (χ0v) is 14.9. The molecule has 2 heterocycles. The van der Waals surface area contributed by atoms with E-state index in [0.29, 0.717) is 0 Å². The summed E-state index contributed by atoms with van der Waals surface area (Å²) >= 11 is 9.68. The molecule has 0 spiro atoms. The van der Waals surface area contributed by atoms with Gasteiger partial charge in [0.15, 0.2) is 0 Å². The lowest BCUT2D eigenvalue weighted by Gasteiger charge is -2.10. The van der Waals surface area contributed by atoms with Crippen molar-refractivity contribution in [2.24, 2.45) is 0 Å². The molecule has 0 atom stereocenters. The zero-order valence-electron chi connectivity index (χ0n) is 12.6. The van der Waals surface area contributed by atoms with Crippen LogP contribution in [0.5, 0.6) is 0 Å². The quantitative estimate of drug-likeness (QED) is 0.651. The van der Waals surface area contributed by atoms with Gasteiger partial charge in [-0.05, 0) is 43.2 Å². The number of aryl methyl sites for hydroxylation is 1. The molecule has 3 nitrogen and oxygen atoms in total. The van der Waals surface area contributed by atoms with E-state index >= 15 is 0 Å². The van der Waals surface area contributed by atoms with Crippen LogP contribution in [0.1, 0.15) is 11.1 Å². The van der Waals surface area contributed by atoms with Crippen LogP contribution in [-0.2, 0) is 6.42 Å². The monoisotopic (exact) mass is 387 g/mol. The lowest BCUT2D eigenvalue weighted by Crippen LogP contribution is -2.05. The molecule has 116 valence electrons. The Bertz CT molecular complexity index is 884. The Morgan fingerprint density at radius 3 is 2.74 bits per heavy atom. The Labute approximate surface area is 148 Å². The summed E-state index contributed by atoms with van der Waals surface area (Å²) in [5.41, 5.74) is 5.61. The van der Waals surface area contributed by atoms with Crippen molar-refractivity contribution in [2.45, 2.75) is 13.3 Å². The van der Waals surface area contributed by atoms with Crippen molar-refractivity contribution in [1.29, 1.82) is 0 Å². The predicted octanol–water partition coefficient (Wildman–Crippen LogP) is 5.23. The summed E-state index contributed by atoms with van der Waals surface area (Å²) in [7, 11) is 0. The molecule has 3 aromatic rings. The van der Waals surface area contributed by atoms with Crippen LogP contribution in [0.2, 0.25) is 5.02 Å². The first-order valence-corrected chi connectivity index (χ1v) is 8.69. The highest BCUT2D eigenvalue weighted by Crippen LogP contribution is 2.36. The third-order valence-electron chi connectivity index (χ3n) is 4.17. The largest absolute Gasteiger partial charge is 0.369 e. The van der Waals surface area contributed by atoms with Gasteiger partial charge in [-0.25, -0.2) is 4.68 Å². The van der Waals surface area contributed by atoms with Crippen LogP contribution in [0.25, 0.3) is 16.9 Å². The fourth-order valence-electron chi connectivity index (χ4n) is 3.00. The maximum Gasteiger partial charge on any atom is 0.133 e. The van der Waals surface area contributed by atoms with Crippen LogP contribution in [-0.4, -0.2) is 16.3 Å². The van der Waals surface area contributed by atoms with Crippen molar-refractivity contribution in [1.82, 2.24) is 9.78 Å². The van der Waals surface area contributed by atoms with Gasteiger partial charge in [0.1, 0.15) is 5.82 Å². The van der Waals surface area contributed by atoms with E-state index in [1.54, 1.807) is 0 Å². The Hall–Kier alpha value is -1.78. The number of fused-ring (bicyclic) bond motifs is 1. The number of hydrogen-bond donors (Lipinski definition) is 1. The number of hydrogen-bond acceptors (Lipinski definition) is 2. The molecule has 1 aliphatic heterocycles. The van der Waals surface area contributed by atoms with Crippen LogP contribution in [0.15, 0.2) is 46.9 Å². The fourth-order valence-corrected chi connectivity index (χ4v) is 3.43. The van der Waals surface area contributed by atoms with Gasteiger partial charge in [-0.1, -0.05) is 45.7 Å². The number of halogens is 2. The van der Waals surface area contributed by atoms with Gasteiger partial charge in [-0.2, -0.15) is 5.10 Å². The SMILES string of the molecule is Cc1ccc(Cl)cc1-n1nc(-c2ccc(Br)cc2)c2c1NCC2. The molecule has 0 saturated heterocycles. The second-order valence-electron chi connectivity index (χ2n) is 5.70. The smallest absolute Gasteiger partial charge is 0.133 e. The topological polar surface area (TPSA) is 29.9 Å². The third kappa shape index (κ3) is 2.56. The lowest BCUT2D eigenvalue weighted by molar-refractivity contribution is 0.875. The molecule has 0 amide bonds. The second kappa shape index (κ2) is 5.69. The molecule has 4 rings (SSSR count). The maximum absolute atomic E-state index is 6.19. The first kappa shape index (κ1) is 14.8. The van der Waals surface area contributed by atoms with Crippen LogP contribution in [0.4, 0.5) is 5.82 Å². The summed E-state index contributed by atoms with van der Waals surface area (Å²) in [5.74, 6) is 1.08. The van der Waals surface area contributed by atoms with Gasteiger partial charge in [0.05, 0.1) is 11.4 Å². The van der Waals surface area contributed by atoms with Crippen molar-refractivity contribution in [2.75, 3.05) is 11.9 Å². The minimum Gasteiger partial charge on any atom is -0.369 e. The highest BCUT2D eigenvalue weighted by atomic mass is 79.9. The molecule has 0 unspecified atom stereocenters. The molecule has 0 bridgehead atoms. The molecule has 1 aromatic heterocycles. The van der Waals surface area contributed by atoms with Gasteiger partial charge in [-0.15, -0.1) is 0 Å². The number of nitrogens with zero attached hydrogens (tertiary/aromatic N) is 2. The molecule has 0 saturated carbocycles.